The molecular weight excluding hydrogens is 192 g/mol. The van der Waals surface area contributed by atoms with Gasteiger partial charge in [-0.25, -0.2) is 0 Å². The van der Waals surface area contributed by atoms with Crippen LogP contribution >= 0.6 is 0 Å². The summed E-state index contributed by atoms with van der Waals surface area (Å²) in [5, 5.41) is 12.6. The summed E-state index contributed by atoms with van der Waals surface area (Å²) in [5.41, 5.74) is 8.99. The van der Waals surface area contributed by atoms with Crippen LogP contribution in [-0.2, 0) is 0 Å². The number of Topliss-reactive ketones (excluding diaryl/α,β-unsaturated/α-hetero) is 1. The van der Waals surface area contributed by atoms with Gasteiger partial charge in [0.25, 0.3) is 0 Å². The number of hydrogen-bond acceptors (Lipinski definition) is 4. The number of ketones is 1. The summed E-state index contributed by atoms with van der Waals surface area (Å²) in [4.78, 5) is 11.6. The van der Waals surface area contributed by atoms with Gasteiger partial charge in [0.15, 0.2) is 5.78 Å². The molecule has 0 bridgehead atoms. The molecule has 2 atom stereocenters. The molecule has 0 radical (unpaired) electrons. The van der Waals surface area contributed by atoms with Crippen molar-refractivity contribution in [3.63, 3.8) is 0 Å². The number of benzene rings is 1. The van der Waals surface area contributed by atoms with Crippen molar-refractivity contribution in [2.24, 2.45) is 5.73 Å². The van der Waals surface area contributed by atoms with Gasteiger partial charge in [0.1, 0.15) is 6.10 Å². The maximum Gasteiger partial charge on any atom is 0.193 e. The zero-order valence-corrected chi connectivity index (χ0v) is 8.74. The highest BCUT2D eigenvalue weighted by molar-refractivity contribution is 6.05. The molecule has 1 aliphatic rings. The molecule has 0 aliphatic heterocycles. The number of carbonyl (C=O) groups excluding carboxylic acids is 1. The van der Waals surface area contributed by atoms with E-state index in [0.29, 0.717) is 5.56 Å². The summed E-state index contributed by atoms with van der Waals surface area (Å²) in [6.07, 6.45) is -1.09. The first-order chi connectivity index (χ1) is 7.07. The minimum absolute atomic E-state index is 0.275. The van der Waals surface area contributed by atoms with Crippen LogP contribution in [0.4, 0.5) is 5.69 Å². The van der Waals surface area contributed by atoms with Gasteiger partial charge in [0.05, 0.1) is 6.04 Å². The fraction of sp³-hybridized carbons (Fsp3) is 0.364. The SMILES string of the molecule is CNc1ccc2c(c1C)C(N)C(O)C2=O. The molecule has 1 aromatic carbocycles. The highest BCUT2D eigenvalue weighted by Crippen LogP contribution is 2.35. The smallest absolute Gasteiger partial charge is 0.193 e. The minimum Gasteiger partial charge on any atom is -0.388 e. The van der Waals surface area contributed by atoms with Gasteiger partial charge in [0.2, 0.25) is 0 Å². The van der Waals surface area contributed by atoms with Gasteiger partial charge in [-0.2, -0.15) is 0 Å². The van der Waals surface area contributed by atoms with E-state index in [0.717, 1.165) is 16.8 Å². The number of anilines is 1. The number of aliphatic hydroxyl groups excluding tert-OH is 1. The van der Waals surface area contributed by atoms with Crippen LogP contribution in [-0.4, -0.2) is 24.0 Å². The number of rotatable bonds is 1. The Labute approximate surface area is 88.1 Å². The van der Waals surface area contributed by atoms with Crippen LogP contribution in [0.15, 0.2) is 12.1 Å². The lowest BCUT2D eigenvalue weighted by Gasteiger charge is -2.13. The fourth-order valence-electron chi connectivity index (χ4n) is 2.12. The fourth-order valence-corrected chi connectivity index (χ4v) is 2.12. The first kappa shape index (κ1) is 10.1. The number of aliphatic hydroxyl groups is 1. The predicted molar refractivity (Wildman–Crippen MR) is 58.0 cm³/mol. The molecule has 0 saturated carbocycles. The Bertz CT molecular complexity index is 429. The van der Waals surface area contributed by atoms with E-state index >= 15 is 0 Å². The Kier molecular flexibility index (Phi) is 2.25. The Balaban J connectivity index is 2.65. The van der Waals surface area contributed by atoms with Crippen LogP contribution in [0.1, 0.15) is 27.5 Å². The van der Waals surface area contributed by atoms with E-state index in [4.69, 9.17) is 5.73 Å². The van der Waals surface area contributed by atoms with Crippen molar-refractivity contribution in [3.8, 4) is 0 Å². The van der Waals surface area contributed by atoms with Crippen molar-refractivity contribution in [1.29, 1.82) is 0 Å². The number of carbonyl (C=O) groups is 1. The zero-order chi connectivity index (χ0) is 11.2. The Hall–Kier alpha value is -1.39. The number of hydrogen-bond donors (Lipinski definition) is 3. The Morgan fingerprint density at radius 2 is 2.13 bits per heavy atom. The van der Waals surface area contributed by atoms with Crippen LogP contribution in [0.5, 0.6) is 0 Å². The second kappa shape index (κ2) is 3.32. The summed E-state index contributed by atoms with van der Waals surface area (Å²) in [5.74, 6) is -0.275. The minimum atomic E-state index is -1.09. The van der Waals surface area contributed by atoms with E-state index in [9.17, 15) is 9.90 Å². The number of nitrogens with one attached hydrogen (secondary N) is 1. The number of fused-ring (bicyclic) bond motifs is 1. The Morgan fingerprint density at radius 3 is 2.73 bits per heavy atom. The lowest BCUT2D eigenvalue weighted by atomic mass is 10.0. The van der Waals surface area contributed by atoms with Crippen LogP contribution in [0.3, 0.4) is 0 Å². The first-order valence-electron chi connectivity index (χ1n) is 4.87. The van der Waals surface area contributed by atoms with E-state index < -0.39 is 12.1 Å². The summed E-state index contributed by atoms with van der Waals surface area (Å²) >= 11 is 0. The summed E-state index contributed by atoms with van der Waals surface area (Å²) in [6, 6.07) is 2.95. The monoisotopic (exact) mass is 206 g/mol. The van der Waals surface area contributed by atoms with Crippen LogP contribution < -0.4 is 11.1 Å². The second-order valence-corrected chi connectivity index (χ2v) is 3.78. The molecule has 80 valence electrons. The van der Waals surface area contributed by atoms with Crippen molar-refractivity contribution in [2.45, 2.75) is 19.1 Å². The molecule has 0 aromatic heterocycles. The molecule has 0 saturated heterocycles. The van der Waals surface area contributed by atoms with Crippen molar-refractivity contribution >= 4 is 11.5 Å². The zero-order valence-electron chi connectivity index (χ0n) is 8.74. The molecule has 4 N–H and O–H groups in total. The molecule has 4 heteroatoms. The molecule has 0 amide bonds. The molecular formula is C11H14N2O2. The van der Waals surface area contributed by atoms with Gasteiger partial charge in [0, 0.05) is 18.3 Å². The normalized spacial score (nSPS) is 24.1. The molecule has 0 spiro atoms. The summed E-state index contributed by atoms with van der Waals surface area (Å²) in [6.45, 7) is 1.90. The lowest BCUT2D eigenvalue weighted by molar-refractivity contribution is 0.0736. The van der Waals surface area contributed by atoms with Gasteiger partial charge in [-0.3, -0.25) is 4.79 Å². The molecule has 1 aromatic rings. The van der Waals surface area contributed by atoms with E-state index in [2.05, 4.69) is 5.32 Å². The quantitative estimate of drug-likeness (QED) is 0.628. The maximum absolute atomic E-state index is 11.6. The highest BCUT2D eigenvalue weighted by atomic mass is 16.3. The van der Waals surface area contributed by atoms with Gasteiger partial charge < -0.3 is 16.2 Å². The van der Waals surface area contributed by atoms with Gasteiger partial charge in [-0.15, -0.1) is 0 Å². The van der Waals surface area contributed by atoms with E-state index in [-0.39, 0.29) is 5.78 Å². The lowest BCUT2D eigenvalue weighted by Crippen LogP contribution is -2.25. The van der Waals surface area contributed by atoms with Crippen LogP contribution in [0.25, 0.3) is 0 Å². The average molecular weight is 206 g/mol. The van der Waals surface area contributed by atoms with Crippen molar-refractivity contribution in [2.75, 3.05) is 12.4 Å². The first-order valence-corrected chi connectivity index (χ1v) is 4.87. The molecule has 2 rings (SSSR count). The summed E-state index contributed by atoms with van der Waals surface area (Å²) in [7, 11) is 1.81. The third-order valence-corrected chi connectivity index (χ3v) is 2.99. The van der Waals surface area contributed by atoms with Crippen molar-refractivity contribution in [1.82, 2.24) is 0 Å². The van der Waals surface area contributed by atoms with Crippen LogP contribution in [0, 0.1) is 6.92 Å². The van der Waals surface area contributed by atoms with Gasteiger partial charge in [-0.05, 0) is 30.2 Å². The molecule has 4 nitrogen and oxygen atoms in total. The highest BCUT2D eigenvalue weighted by Gasteiger charge is 2.37. The second-order valence-electron chi connectivity index (χ2n) is 3.78. The average Bonchev–Trinajstić information content (AvgIpc) is 2.45. The van der Waals surface area contributed by atoms with E-state index in [1.807, 2.05) is 20.0 Å². The van der Waals surface area contributed by atoms with Crippen molar-refractivity contribution in [3.05, 3.63) is 28.8 Å². The van der Waals surface area contributed by atoms with Gasteiger partial charge >= 0.3 is 0 Å². The molecule has 0 heterocycles. The van der Waals surface area contributed by atoms with Crippen LogP contribution in [0.2, 0.25) is 0 Å². The predicted octanol–water partition coefficient (Wildman–Crippen LogP) is 0.594. The third-order valence-electron chi connectivity index (χ3n) is 2.99. The molecule has 1 aliphatic carbocycles. The van der Waals surface area contributed by atoms with Crippen molar-refractivity contribution < 1.29 is 9.90 Å². The topological polar surface area (TPSA) is 75.3 Å². The standard InChI is InChI=1S/C11H14N2O2/c1-5-7(13-2)4-3-6-8(5)9(12)11(15)10(6)14/h3-4,9,11,13,15H,12H2,1-2H3. The Morgan fingerprint density at radius 1 is 1.47 bits per heavy atom. The van der Waals surface area contributed by atoms with E-state index in [1.54, 1.807) is 6.07 Å². The third kappa shape index (κ3) is 1.26. The van der Waals surface area contributed by atoms with Gasteiger partial charge in [-0.1, -0.05) is 0 Å². The van der Waals surface area contributed by atoms with E-state index in [1.165, 1.54) is 0 Å². The summed E-state index contributed by atoms with van der Waals surface area (Å²) < 4.78 is 0. The molecule has 0 fully saturated rings. The molecule has 2 unspecified atom stereocenters. The maximum atomic E-state index is 11.6. The largest absolute Gasteiger partial charge is 0.388 e. The number of nitrogens with two attached hydrogens (primary N) is 1. The molecule has 15 heavy (non-hydrogen) atoms.